The monoisotopic (exact) mass is 366 g/mol. The fourth-order valence-corrected chi connectivity index (χ4v) is 4.60. The van der Waals surface area contributed by atoms with Crippen molar-refractivity contribution in [2.24, 2.45) is 0 Å². The van der Waals surface area contributed by atoms with Gasteiger partial charge in [0.1, 0.15) is 5.82 Å². The Bertz CT molecular complexity index is 1030. The topological polar surface area (TPSA) is 98.9 Å². The van der Waals surface area contributed by atoms with Crippen molar-refractivity contribution in [3.63, 3.8) is 0 Å². The third-order valence-corrected chi connectivity index (χ3v) is 6.38. The molecule has 7 nitrogen and oxygen atoms in total. The summed E-state index contributed by atoms with van der Waals surface area (Å²) < 4.78 is 0. The van der Waals surface area contributed by atoms with Gasteiger partial charge in [-0.3, -0.25) is 14.4 Å². The minimum atomic E-state index is -0.268. The average molecular weight is 366 g/mol. The van der Waals surface area contributed by atoms with Crippen LogP contribution in [0.1, 0.15) is 65.5 Å². The molecule has 0 bridgehead atoms. The number of carbonyl (C=O) groups is 1. The van der Waals surface area contributed by atoms with E-state index in [0.717, 1.165) is 55.6 Å². The molecule has 2 fully saturated rings. The van der Waals surface area contributed by atoms with E-state index in [4.69, 9.17) is 4.98 Å². The van der Waals surface area contributed by atoms with E-state index in [0.29, 0.717) is 24.6 Å². The average Bonchev–Trinajstić information content (AvgIpc) is 3.47. The Balaban J connectivity index is 1.39. The van der Waals surface area contributed by atoms with Gasteiger partial charge >= 0.3 is 0 Å². The molecule has 3 aliphatic rings. The molecule has 2 N–H and O–H groups in total. The molecule has 2 aromatic heterocycles. The van der Waals surface area contributed by atoms with Gasteiger partial charge in [0, 0.05) is 47.8 Å². The fourth-order valence-electron chi connectivity index (χ4n) is 4.60. The van der Waals surface area contributed by atoms with Crippen molar-refractivity contribution in [3.05, 3.63) is 61.7 Å². The van der Waals surface area contributed by atoms with E-state index in [1.807, 2.05) is 4.90 Å². The lowest BCUT2D eigenvalue weighted by Crippen LogP contribution is -2.45. The van der Waals surface area contributed by atoms with Crippen molar-refractivity contribution < 1.29 is 4.79 Å². The van der Waals surface area contributed by atoms with Crippen molar-refractivity contribution >= 4 is 5.91 Å². The van der Waals surface area contributed by atoms with Crippen LogP contribution >= 0.6 is 0 Å². The molecule has 2 aromatic rings. The SMILES string of the molecule is O=C(c1cc[nH]c(=O)c1)N1CCC2(CCc3c2nc(C2CC2)[nH]c3=O)CC1. The number of hydrogen-bond donors (Lipinski definition) is 2. The largest absolute Gasteiger partial charge is 0.339 e. The Labute approximate surface area is 155 Å². The van der Waals surface area contributed by atoms with Crippen LogP contribution in [-0.2, 0) is 11.8 Å². The van der Waals surface area contributed by atoms with E-state index >= 15 is 0 Å². The highest BCUT2D eigenvalue weighted by molar-refractivity contribution is 5.94. The van der Waals surface area contributed by atoms with Crippen molar-refractivity contribution in [2.75, 3.05) is 13.1 Å². The van der Waals surface area contributed by atoms with Crippen molar-refractivity contribution in [2.45, 2.75) is 49.9 Å². The first kappa shape index (κ1) is 16.5. The molecular weight excluding hydrogens is 344 g/mol. The molecule has 0 aromatic carbocycles. The summed E-state index contributed by atoms with van der Waals surface area (Å²) in [4.78, 5) is 48.9. The normalized spacial score (nSPS) is 20.7. The van der Waals surface area contributed by atoms with Gasteiger partial charge in [-0.15, -0.1) is 0 Å². The standard InChI is InChI=1S/C20H22N4O3/c25-15-11-13(4-8-21-15)19(27)24-9-6-20(7-10-24)5-3-14-16(20)22-17(12-1-2-12)23-18(14)26/h4,8,11-12H,1-3,5-7,9-10H2,(H,21,25)(H,22,23,26). The van der Waals surface area contributed by atoms with Crippen molar-refractivity contribution in [1.82, 2.24) is 19.9 Å². The summed E-state index contributed by atoms with van der Waals surface area (Å²) in [5.74, 6) is 1.16. The molecule has 140 valence electrons. The maximum Gasteiger partial charge on any atom is 0.254 e. The van der Waals surface area contributed by atoms with Gasteiger partial charge in [0.2, 0.25) is 5.56 Å². The molecule has 1 saturated heterocycles. The summed E-state index contributed by atoms with van der Waals surface area (Å²) in [6.07, 6.45) is 7.04. The van der Waals surface area contributed by atoms with Crippen LogP contribution in [0.15, 0.2) is 27.9 Å². The van der Waals surface area contributed by atoms with E-state index < -0.39 is 0 Å². The zero-order valence-electron chi connectivity index (χ0n) is 15.1. The van der Waals surface area contributed by atoms with E-state index in [-0.39, 0.29) is 22.4 Å². The van der Waals surface area contributed by atoms with Gasteiger partial charge in [0.15, 0.2) is 0 Å². The first-order valence-electron chi connectivity index (χ1n) is 9.67. The number of pyridine rings is 1. The van der Waals surface area contributed by atoms with E-state index in [1.165, 1.54) is 12.3 Å². The smallest absolute Gasteiger partial charge is 0.254 e. The molecule has 2 aliphatic carbocycles. The molecule has 7 heteroatoms. The molecule has 27 heavy (non-hydrogen) atoms. The van der Waals surface area contributed by atoms with Gasteiger partial charge < -0.3 is 14.9 Å². The Morgan fingerprint density at radius 1 is 1.19 bits per heavy atom. The number of nitrogens with one attached hydrogen (secondary N) is 2. The van der Waals surface area contributed by atoms with Gasteiger partial charge in [-0.25, -0.2) is 4.98 Å². The second kappa shape index (κ2) is 5.90. The predicted octanol–water partition coefficient (Wildman–Crippen LogP) is 1.46. The highest BCUT2D eigenvalue weighted by Crippen LogP contribution is 2.46. The lowest BCUT2D eigenvalue weighted by Gasteiger charge is -2.39. The molecule has 0 unspecified atom stereocenters. The number of fused-ring (bicyclic) bond motifs is 2. The lowest BCUT2D eigenvalue weighted by atomic mass is 9.76. The van der Waals surface area contributed by atoms with E-state index in [9.17, 15) is 14.4 Å². The minimum absolute atomic E-state index is 0.0285. The second-order valence-corrected chi connectivity index (χ2v) is 8.07. The quantitative estimate of drug-likeness (QED) is 0.840. The first-order chi connectivity index (χ1) is 13.1. The summed E-state index contributed by atoms with van der Waals surface area (Å²) in [6.45, 7) is 1.25. The van der Waals surface area contributed by atoms with E-state index in [1.54, 1.807) is 6.07 Å². The van der Waals surface area contributed by atoms with Gasteiger partial charge in [-0.1, -0.05) is 0 Å². The highest BCUT2D eigenvalue weighted by atomic mass is 16.2. The number of hydrogen-bond acceptors (Lipinski definition) is 4. The van der Waals surface area contributed by atoms with Gasteiger partial charge in [-0.05, 0) is 44.6 Å². The molecule has 3 heterocycles. The third-order valence-electron chi connectivity index (χ3n) is 6.38. The number of aromatic nitrogens is 3. The summed E-state index contributed by atoms with van der Waals surface area (Å²) in [7, 11) is 0. The number of H-pyrrole nitrogens is 2. The third kappa shape index (κ3) is 2.72. The van der Waals surface area contributed by atoms with Crippen LogP contribution in [0.2, 0.25) is 0 Å². The zero-order chi connectivity index (χ0) is 18.6. The summed E-state index contributed by atoms with van der Waals surface area (Å²) in [5.41, 5.74) is 1.92. The van der Waals surface area contributed by atoms with Crippen LogP contribution < -0.4 is 11.1 Å². The molecule has 1 spiro atoms. The van der Waals surface area contributed by atoms with Gasteiger partial charge in [0.25, 0.3) is 11.5 Å². The Kier molecular flexibility index (Phi) is 3.60. The van der Waals surface area contributed by atoms with Crippen molar-refractivity contribution in [3.8, 4) is 0 Å². The van der Waals surface area contributed by atoms with Gasteiger partial charge in [0.05, 0.1) is 5.69 Å². The van der Waals surface area contributed by atoms with Crippen LogP contribution in [0.3, 0.4) is 0 Å². The maximum atomic E-state index is 12.7. The maximum absolute atomic E-state index is 12.7. The Morgan fingerprint density at radius 3 is 2.67 bits per heavy atom. The second-order valence-electron chi connectivity index (χ2n) is 8.07. The number of rotatable bonds is 2. The number of carbonyl (C=O) groups excluding carboxylic acids is 1. The number of piperidine rings is 1. The summed E-state index contributed by atoms with van der Waals surface area (Å²) in [5, 5.41) is 0. The van der Waals surface area contributed by atoms with Crippen LogP contribution in [0.25, 0.3) is 0 Å². The molecule has 1 amide bonds. The number of amides is 1. The number of aromatic amines is 2. The highest BCUT2D eigenvalue weighted by Gasteiger charge is 2.45. The van der Waals surface area contributed by atoms with Crippen LogP contribution in [0, 0.1) is 0 Å². The van der Waals surface area contributed by atoms with Crippen LogP contribution in [0.5, 0.6) is 0 Å². The lowest BCUT2D eigenvalue weighted by molar-refractivity contribution is 0.0663. The van der Waals surface area contributed by atoms with Gasteiger partial charge in [-0.2, -0.15) is 0 Å². The molecular formula is C20H22N4O3. The Hall–Kier alpha value is -2.70. The molecule has 0 atom stereocenters. The fraction of sp³-hybridized carbons (Fsp3) is 0.500. The number of nitrogens with zero attached hydrogens (tertiary/aromatic N) is 2. The van der Waals surface area contributed by atoms with Crippen LogP contribution in [0.4, 0.5) is 0 Å². The molecule has 1 saturated carbocycles. The summed E-state index contributed by atoms with van der Waals surface area (Å²) in [6, 6.07) is 2.99. The minimum Gasteiger partial charge on any atom is -0.339 e. The predicted molar refractivity (Wildman–Crippen MR) is 99.0 cm³/mol. The first-order valence-corrected chi connectivity index (χ1v) is 9.67. The molecule has 0 radical (unpaired) electrons. The van der Waals surface area contributed by atoms with Crippen LogP contribution in [-0.4, -0.2) is 38.8 Å². The zero-order valence-corrected chi connectivity index (χ0v) is 15.1. The summed E-state index contributed by atoms with van der Waals surface area (Å²) >= 11 is 0. The number of likely N-dealkylation sites (tertiary alicyclic amines) is 1. The molecule has 1 aliphatic heterocycles. The Morgan fingerprint density at radius 2 is 1.96 bits per heavy atom. The van der Waals surface area contributed by atoms with Crippen molar-refractivity contribution in [1.29, 1.82) is 0 Å². The van der Waals surface area contributed by atoms with E-state index in [2.05, 4.69) is 9.97 Å². The molecule has 5 rings (SSSR count).